The van der Waals surface area contributed by atoms with Crippen molar-refractivity contribution in [3.8, 4) is 45.6 Å². The number of hydrogen-bond donors (Lipinski definition) is 0. The van der Waals surface area contributed by atoms with Crippen molar-refractivity contribution >= 4 is 181 Å². The van der Waals surface area contributed by atoms with Crippen molar-refractivity contribution in [3.05, 3.63) is 171 Å². The maximum atomic E-state index is 13.6. The summed E-state index contributed by atoms with van der Waals surface area (Å²) in [6.07, 6.45) is -0.185. The molecule has 0 fully saturated rings. The standard InChI is InChI=1S/C23H30I2N2.2C13H7F3I2N2.C12H5F3I2N2/c1-3-5-7-9-15-23(16-10-8-6-4-2)17-11-13-19(24)26-21(17)22-18(23)12-14-20(25)27-22;2*1-12(13(14,15)16)6-2-4-8(17)19-10(6)11-7(12)3-5-9(18)20-11;13-12(14,15)9-5-1-3-7(16)18-10(5)11-6(9)2-4-8(17)19-11/h11-14H,3-10,15-16H2,1-2H3;2*2-5H,1H3;1-4,9H. The van der Waals surface area contributed by atoms with Crippen LogP contribution in [-0.4, -0.2) is 58.4 Å². The number of nitrogens with zero attached hydrogens (tertiary/aromatic N) is 8. The highest BCUT2D eigenvalue weighted by Gasteiger charge is 2.60. The molecule has 0 bridgehead atoms. The molecular weight excluding hydrogens is 2030 g/mol. The van der Waals surface area contributed by atoms with Crippen LogP contribution in [0.15, 0.2) is 97.1 Å². The molecule has 0 saturated carbocycles. The predicted octanol–water partition coefficient (Wildman–Crippen LogP) is 21.3. The van der Waals surface area contributed by atoms with Crippen LogP contribution in [0.2, 0.25) is 0 Å². The van der Waals surface area contributed by atoms with Gasteiger partial charge in [0, 0.05) is 5.41 Å². The van der Waals surface area contributed by atoms with Crippen molar-refractivity contribution < 1.29 is 39.5 Å². The topological polar surface area (TPSA) is 103 Å². The molecule has 0 aromatic carbocycles. The number of unbranched alkanes of at least 4 members (excludes halogenated alkanes) is 6. The summed E-state index contributed by atoms with van der Waals surface area (Å²) in [6, 6.07) is 27.7. The van der Waals surface area contributed by atoms with E-state index < -0.39 is 35.3 Å². The van der Waals surface area contributed by atoms with E-state index in [4.69, 9.17) is 9.97 Å². The predicted molar refractivity (Wildman–Crippen MR) is 383 cm³/mol. The van der Waals surface area contributed by atoms with E-state index in [2.05, 4.69) is 113 Å². The first-order valence-corrected chi connectivity index (χ1v) is 35.7. The molecule has 0 amide bonds. The summed E-state index contributed by atoms with van der Waals surface area (Å²) in [6.45, 7) is 6.97. The number of halogens is 17. The molecule has 0 atom stereocenters. The molecule has 0 radical (unpaired) electrons. The van der Waals surface area contributed by atoms with E-state index in [1.54, 1.807) is 36.4 Å². The molecule has 0 saturated heterocycles. The van der Waals surface area contributed by atoms with Crippen LogP contribution in [0.3, 0.4) is 0 Å². The van der Waals surface area contributed by atoms with Gasteiger partial charge in [-0.05, 0) is 300 Å². The largest absolute Gasteiger partial charge is 0.402 e. The van der Waals surface area contributed by atoms with Gasteiger partial charge in [0.2, 0.25) is 0 Å². The fourth-order valence-corrected chi connectivity index (χ4v) is 15.1. The Kier molecular flexibility index (Phi) is 22.0. The minimum absolute atomic E-state index is 0.112. The molecule has 8 aromatic rings. The van der Waals surface area contributed by atoms with Gasteiger partial charge in [-0.1, -0.05) is 114 Å². The third-order valence-electron chi connectivity index (χ3n) is 16.0. The quantitative estimate of drug-likeness (QED) is 0.0577. The summed E-state index contributed by atoms with van der Waals surface area (Å²) < 4.78 is 128. The Hall–Kier alpha value is -1.59. The molecule has 8 heterocycles. The molecular formula is C61H49F9I8N8. The van der Waals surface area contributed by atoms with E-state index in [-0.39, 0.29) is 38.8 Å². The lowest BCUT2D eigenvalue weighted by Crippen LogP contribution is -2.38. The fraction of sp³-hybridized carbons (Fsp3) is 0.344. The lowest BCUT2D eigenvalue weighted by molar-refractivity contribution is -0.172. The van der Waals surface area contributed by atoms with Crippen LogP contribution < -0.4 is 0 Å². The summed E-state index contributed by atoms with van der Waals surface area (Å²) >= 11 is 16.6. The lowest BCUT2D eigenvalue weighted by Gasteiger charge is -2.32. The summed E-state index contributed by atoms with van der Waals surface area (Å²) in [5.41, 5.74) is 4.30. The van der Waals surface area contributed by atoms with E-state index >= 15 is 0 Å². The first-order valence-electron chi connectivity index (χ1n) is 27.1. The van der Waals surface area contributed by atoms with Gasteiger partial charge in [-0.25, -0.2) is 39.9 Å². The molecule has 25 heteroatoms. The van der Waals surface area contributed by atoms with E-state index in [0.717, 1.165) is 18.8 Å². The Morgan fingerprint density at radius 3 is 0.802 bits per heavy atom. The van der Waals surface area contributed by atoms with Gasteiger partial charge in [0.25, 0.3) is 0 Å². The maximum Gasteiger partial charge on any atom is 0.402 e. The van der Waals surface area contributed by atoms with Crippen LogP contribution in [-0.2, 0) is 16.2 Å². The molecule has 0 aliphatic heterocycles. The van der Waals surface area contributed by atoms with Crippen molar-refractivity contribution in [3.63, 3.8) is 0 Å². The normalized spacial score (nSPS) is 15.0. The number of fused-ring (bicyclic) bond motifs is 12. The average molecular weight is 2080 g/mol. The van der Waals surface area contributed by atoms with E-state index in [9.17, 15) is 39.5 Å². The van der Waals surface area contributed by atoms with Gasteiger partial charge in [-0.2, -0.15) is 39.5 Å². The Morgan fingerprint density at radius 2 is 0.558 bits per heavy atom. The van der Waals surface area contributed by atoms with Crippen molar-refractivity contribution in [2.24, 2.45) is 0 Å². The molecule has 8 nitrogen and oxygen atoms in total. The zero-order valence-corrected chi connectivity index (χ0v) is 63.1. The maximum absolute atomic E-state index is 13.6. The first-order chi connectivity index (χ1) is 40.5. The second kappa shape index (κ2) is 27.5. The molecule has 4 aliphatic carbocycles. The highest BCUT2D eigenvalue weighted by Crippen LogP contribution is 2.58. The van der Waals surface area contributed by atoms with Gasteiger partial charge in [-0.15, -0.1) is 0 Å². The summed E-state index contributed by atoms with van der Waals surface area (Å²) in [5, 5.41) is 0. The molecule has 452 valence electrons. The lowest BCUT2D eigenvalue weighted by atomic mass is 9.71. The van der Waals surface area contributed by atoms with Crippen LogP contribution in [0.1, 0.15) is 142 Å². The second-order valence-electron chi connectivity index (χ2n) is 21.2. The van der Waals surface area contributed by atoms with Crippen molar-refractivity contribution in [2.45, 2.75) is 133 Å². The number of aromatic nitrogens is 8. The molecule has 0 N–H and O–H groups in total. The molecule has 86 heavy (non-hydrogen) atoms. The third-order valence-corrected chi connectivity index (χ3v) is 20.8. The average Bonchev–Trinajstić information content (AvgIpc) is 1.63. The van der Waals surface area contributed by atoms with Crippen LogP contribution in [0.4, 0.5) is 39.5 Å². The Morgan fingerprint density at radius 1 is 0.326 bits per heavy atom. The number of alkyl halides is 9. The molecule has 8 aromatic heterocycles. The van der Waals surface area contributed by atoms with E-state index in [0.29, 0.717) is 56.4 Å². The number of hydrogen-bond acceptors (Lipinski definition) is 8. The summed E-state index contributed by atoms with van der Waals surface area (Å²) in [5.74, 6) is -1.62. The van der Waals surface area contributed by atoms with E-state index in [1.807, 2.05) is 136 Å². The Bertz CT molecular complexity index is 3520. The Labute approximate surface area is 601 Å². The van der Waals surface area contributed by atoms with Crippen molar-refractivity contribution in [2.75, 3.05) is 0 Å². The number of rotatable bonds is 10. The summed E-state index contributed by atoms with van der Waals surface area (Å²) in [4.78, 5) is 35.4. The van der Waals surface area contributed by atoms with Crippen LogP contribution in [0.25, 0.3) is 45.6 Å². The van der Waals surface area contributed by atoms with Gasteiger partial charge in [-0.3, -0.25) is 0 Å². The SMILES string of the molecule is CC1(C(F)(F)F)c2ccc(I)nc2-c2nc(I)ccc21.CC1(C(F)(F)F)c2ccc(I)nc2-c2nc(I)ccc21.CCCCCCC1(CCCCCC)c2ccc(I)nc2-c2nc(I)ccc21.FC(F)(F)C1c2ccc(I)nc2-c2nc(I)ccc21. The summed E-state index contributed by atoms with van der Waals surface area (Å²) in [7, 11) is 0. The van der Waals surface area contributed by atoms with Crippen LogP contribution in [0.5, 0.6) is 0 Å². The third kappa shape index (κ3) is 13.6. The van der Waals surface area contributed by atoms with Gasteiger partial charge in [0.1, 0.15) is 46.4 Å². The van der Waals surface area contributed by atoms with Crippen molar-refractivity contribution in [1.82, 2.24) is 39.9 Å². The Balaban J connectivity index is 0.000000138. The van der Waals surface area contributed by atoms with Crippen molar-refractivity contribution in [1.29, 1.82) is 0 Å². The molecule has 0 unspecified atom stereocenters. The van der Waals surface area contributed by atoms with Gasteiger partial charge in [0.15, 0.2) is 0 Å². The zero-order valence-electron chi connectivity index (χ0n) is 45.9. The minimum Gasteiger partial charge on any atom is -0.240 e. The zero-order chi connectivity index (χ0) is 62.5. The fourth-order valence-electron chi connectivity index (χ4n) is 11.8. The highest BCUT2D eigenvalue weighted by molar-refractivity contribution is 14.1. The van der Waals surface area contributed by atoms with Gasteiger partial charge < -0.3 is 0 Å². The number of pyridine rings is 8. The monoisotopic (exact) mass is 2080 g/mol. The van der Waals surface area contributed by atoms with Crippen LogP contribution >= 0.6 is 181 Å². The molecule has 4 aliphatic rings. The van der Waals surface area contributed by atoms with Gasteiger partial charge in [0.05, 0.1) is 45.6 Å². The van der Waals surface area contributed by atoms with Gasteiger partial charge >= 0.3 is 18.5 Å². The molecule has 0 spiro atoms. The molecule has 12 rings (SSSR count). The smallest absolute Gasteiger partial charge is 0.240 e. The first kappa shape index (κ1) is 68.8. The second-order valence-corrected chi connectivity index (χ2v) is 30.1. The minimum atomic E-state index is -4.39. The van der Waals surface area contributed by atoms with E-state index in [1.165, 1.54) is 126 Å². The highest BCUT2D eigenvalue weighted by atomic mass is 127. The van der Waals surface area contributed by atoms with Crippen LogP contribution in [0, 0.1) is 29.6 Å².